The van der Waals surface area contributed by atoms with Gasteiger partial charge in [-0.25, -0.2) is 12.4 Å². The fourth-order valence-corrected chi connectivity index (χ4v) is 5.62. The molecular formula is C24H21N2O3S+. The molecule has 5 aromatic rings. The smallest absolute Gasteiger partial charge is 0.268 e. The number of benzene rings is 3. The fourth-order valence-electron chi connectivity index (χ4n) is 4.12. The molecule has 3 aromatic carbocycles. The number of aromatic nitrogens is 2. The fraction of sp³-hybridized carbons (Fsp3) is 0.125. The summed E-state index contributed by atoms with van der Waals surface area (Å²) in [6, 6.07) is 22.3. The van der Waals surface area contributed by atoms with Gasteiger partial charge in [-0.05, 0) is 49.4 Å². The van der Waals surface area contributed by atoms with E-state index in [0.29, 0.717) is 11.0 Å². The molecule has 2 heterocycles. The Morgan fingerprint density at radius 1 is 0.900 bits per heavy atom. The zero-order chi connectivity index (χ0) is 21.0. The lowest BCUT2D eigenvalue weighted by atomic mass is 10.1. The van der Waals surface area contributed by atoms with Crippen molar-refractivity contribution in [2.24, 2.45) is 7.05 Å². The van der Waals surface area contributed by atoms with E-state index in [1.54, 1.807) is 19.2 Å². The molecule has 0 aliphatic heterocycles. The third-order valence-corrected chi connectivity index (χ3v) is 7.36. The second-order valence-corrected chi connectivity index (χ2v) is 9.25. The van der Waals surface area contributed by atoms with Gasteiger partial charge in [0.25, 0.3) is 10.0 Å². The van der Waals surface area contributed by atoms with E-state index in [0.717, 1.165) is 33.1 Å². The Balaban J connectivity index is 1.96. The van der Waals surface area contributed by atoms with Crippen LogP contribution in [0.3, 0.4) is 0 Å². The summed E-state index contributed by atoms with van der Waals surface area (Å²) in [5.41, 5.74) is 4.18. The molecule has 150 valence electrons. The number of rotatable bonds is 3. The molecule has 30 heavy (non-hydrogen) atoms. The molecule has 0 saturated heterocycles. The number of methoxy groups -OCH3 is 1. The zero-order valence-electron chi connectivity index (χ0n) is 17.0. The first-order valence-electron chi connectivity index (χ1n) is 9.64. The predicted octanol–water partition coefficient (Wildman–Crippen LogP) is 4.33. The van der Waals surface area contributed by atoms with Crippen molar-refractivity contribution in [1.29, 1.82) is 0 Å². The Kier molecular flexibility index (Phi) is 4.08. The van der Waals surface area contributed by atoms with Crippen molar-refractivity contribution in [2.75, 3.05) is 7.11 Å². The minimum atomic E-state index is -3.79. The summed E-state index contributed by atoms with van der Waals surface area (Å²) < 4.78 is 36.4. The molecule has 0 fully saturated rings. The number of aryl methyl sites for hydroxylation is 2. The third-order valence-electron chi connectivity index (χ3n) is 5.62. The number of nitrogens with zero attached hydrogens (tertiary/aromatic N) is 2. The van der Waals surface area contributed by atoms with Crippen LogP contribution in [0.5, 0.6) is 5.75 Å². The second-order valence-electron chi connectivity index (χ2n) is 7.46. The molecule has 0 radical (unpaired) electrons. The molecule has 0 bridgehead atoms. The van der Waals surface area contributed by atoms with Crippen molar-refractivity contribution in [3.05, 3.63) is 78.4 Å². The van der Waals surface area contributed by atoms with Crippen LogP contribution in [0.25, 0.3) is 32.8 Å². The van der Waals surface area contributed by atoms with Crippen LogP contribution in [-0.2, 0) is 17.1 Å². The molecule has 0 atom stereocenters. The SMILES string of the molecule is COc1ccc2c(c1)cc1c(c3ccccc3n1S(=O)(=O)c1ccc(C)cc1)[n+]2C. The van der Waals surface area contributed by atoms with Gasteiger partial charge in [-0.1, -0.05) is 29.8 Å². The van der Waals surface area contributed by atoms with Crippen LogP contribution < -0.4 is 9.30 Å². The standard InChI is InChI=1S/C24H21N2O3S/c1-16-8-11-19(12-9-16)30(27,28)26-22-7-5-4-6-20(22)24-23(26)15-17-14-18(29-3)10-13-21(17)25(24)2/h4-15H,1-3H3/q+1. The molecule has 0 aliphatic carbocycles. The first-order valence-corrected chi connectivity index (χ1v) is 11.1. The molecule has 6 heteroatoms. The molecule has 0 aliphatic rings. The van der Waals surface area contributed by atoms with Crippen molar-refractivity contribution < 1.29 is 17.7 Å². The molecule has 0 spiro atoms. The molecule has 0 N–H and O–H groups in total. The van der Waals surface area contributed by atoms with E-state index in [2.05, 4.69) is 0 Å². The van der Waals surface area contributed by atoms with Gasteiger partial charge in [0.1, 0.15) is 18.3 Å². The van der Waals surface area contributed by atoms with Gasteiger partial charge in [0.05, 0.1) is 28.3 Å². The molecule has 0 saturated carbocycles. The van der Waals surface area contributed by atoms with Crippen molar-refractivity contribution in [1.82, 2.24) is 3.97 Å². The summed E-state index contributed by atoms with van der Waals surface area (Å²) in [4.78, 5) is 0.268. The second kappa shape index (κ2) is 6.57. The first-order chi connectivity index (χ1) is 14.4. The van der Waals surface area contributed by atoms with Gasteiger partial charge >= 0.3 is 0 Å². The van der Waals surface area contributed by atoms with Crippen LogP contribution in [0.1, 0.15) is 5.56 Å². The van der Waals surface area contributed by atoms with E-state index in [9.17, 15) is 8.42 Å². The van der Waals surface area contributed by atoms with Crippen LogP contribution in [-0.4, -0.2) is 19.5 Å². The van der Waals surface area contributed by atoms with Crippen LogP contribution in [0.2, 0.25) is 0 Å². The Bertz CT molecular complexity index is 1550. The van der Waals surface area contributed by atoms with Gasteiger partial charge in [0, 0.05) is 6.07 Å². The van der Waals surface area contributed by atoms with Crippen LogP contribution in [0, 0.1) is 6.92 Å². The summed E-state index contributed by atoms with van der Waals surface area (Å²) >= 11 is 0. The Morgan fingerprint density at radius 3 is 2.37 bits per heavy atom. The average Bonchev–Trinajstić information content (AvgIpc) is 3.08. The van der Waals surface area contributed by atoms with E-state index in [-0.39, 0.29) is 4.90 Å². The highest BCUT2D eigenvalue weighted by Crippen LogP contribution is 2.33. The maximum Gasteiger partial charge on any atom is 0.268 e. The minimum absolute atomic E-state index is 0.268. The largest absolute Gasteiger partial charge is 0.497 e. The van der Waals surface area contributed by atoms with Crippen LogP contribution in [0.15, 0.2) is 77.7 Å². The predicted molar refractivity (Wildman–Crippen MR) is 118 cm³/mol. The highest BCUT2D eigenvalue weighted by atomic mass is 32.2. The van der Waals surface area contributed by atoms with Gasteiger partial charge in [0.2, 0.25) is 11.0 Å². The van der Waals surface area contributed by atoms with E-state index < -0.39 is 10.0 Å². The number of para-hydroxylation sites is 1. The van der Waals surface area contributed by atoms with Gasteiger partial charge < -0.3 is 4.74 Å². The summed E-state index contributed by atoms with van der Waals surface area (Å²) in [5.74, 6) is 0.728. The zero-order valence-corrected chi connectivity index (χ0v) is 17.8. The quantitative estimate of drug-likeness (QED) is 0.411. The Labute approximate surface area is 174 Å². The Morgan fingerprint density at radius 2 is 1.63 bits per heavy atom. The topological polar surface area (TPSA) is 52.2 Å². The van der Waals surface area contributed by atoms with Gasteiger partial charge in [-0.15, -0.1) is 0 Å². The number of hydrogen-bond acceptors (Lipinski definition) is 3. The van der Waals surface area contributed by atoms with Crippen molar-refractivity contribution >= 4 is 42.9 Å². The lowest BCUT2D eigenvalue weighted by molar-refractivity contribution is -0.616. The summed E-state index contributed by atoms with van der Waals surface area (Å²) in [7, 11) is -0.206. The highest BCUT2D eigenvalue weighted by Gasteiger charge is 2.28. The van der Waals surface area contributed by atoms with Crippen molar-refractivity contribution in [3.8, 4) is 5.75 Å². The first kappa shape index (κ1) is 18.6. The van der Waals surface area contributed by atoms with Crippen molar-refractivity contribution in [3.63, 3.8) is 0 Å². The monoisotopic (exact) mass is 417 g/mol. The lowest BCUT2D eigenvalue weighted by Gasteiger charge is -2.09. The summed E-state index contributed by atoms with van der Waals surface area (Å²) in [5, 5.41) is 1.80. The number of pyridine rings is 1. The number of fused-ring (bicyclic) bond motifs is 4. The lowest BCUT2D eigenvalue weighted by Crippen LogP contribution is -2.30. The molecule has 0 unspecified atom stereocenters. The van der Waals surface area contributed by atoms with Crippen molar-refractivity contribution in [2.45, 2.75) is 11.8 Å². The molecule has 2 aromatic heterocycles. The van der Waals surface area contributed by atoms with Crippen LogP contribution in [0.4, 0.5) is 0 Å². The van der Waals surface area contributed by atoms with E-state index in [1.165, 1.54) is 3.97 Å². The summed E-state index contributed by atoms with van der Waals surface area (Å²) in [6.07, 6.45) is 0. The molecule has 5 nitrogen and oxygen atoms in total. The molecular weight excluding hydrogens is 396 g/mol. The average molecular weight is 418 g/mol. The maximum absolute atomic E-state index is 13.7. The van der Waals surface area contributed by atoms with Gasteiger partial charge in [0.15, 0.2) is 0 Å². The maximum atomic E-state index is 13.7. The Hall–Kier alpha value is -3.38. The van der Waals surface area contributed by atoms with E-state index in [4.69, 9.17) is 4.74 Å². The number of hydrogen-bond donors (Lipinski definition) is 0. The van der Waals surface area contributed by atoms with E-state index >= 15 is 0 Å². The third kappa shape index (κ3) is 2.60. The normalized spacial score (nSPS) is 12.1. The minimum Gasteiger partial charge on any atom is -0.497 e. The van der Waals surface area contributed by atoms with E-state index in [1.807, 2.05) is 79.2 Å². The van der Waals surface area contributed by atoms with Gasteiger partial charge in [-0.3, -0.25) is 0 Å². The number of ether oxygens (including phenoxy) is 1. The molecule has 5 rings (SSSR count). The van der Waals surface area contributed by atoms with Crippen LogP contribution >= 0.6 is 0 Å². The highest BCUT2D eigenvalue weighted by molar-refractivity contribution is 7.90. The summed E-state index contributed by atoms with van der Waals surface area (Å²) in [6.45, 7) is 1.94. The van der Waals surface area contributed by atoms with Gasteiger partial charge in [-0.2, -0.15) is 4.57 Å². The molecule has 0 amide bonds.